The van der Waals surface area contributed by atoms with Crippen LogP contribution in [0.25, 0.3) is 0 Å². The van der Waals surface area contributed by atoms with Crippen molar-refractivity contribution in [3.8, 4) is 0 Å². The average molecular weight is 405 g/mol. The Kier molecular flexibility index (Phi) is 15.9. The molecule has 0 amide bonds. The summed E-state index contributed by atoms with van der Waals surface area (Å²) in [6.07, 6.45) is 1.80. The highest BCUT2D eigenvalue weighted by Gasteiger charge is 2.16. The van der Waals surface area contributed by atoms with Crippen molar-refractivity contribution in [2.45, 2.75) is 105 Å². The van der Waals surface area contributed by atoms with Gasteiger partial charge in [0, 0.05) is 40.5 Å². The molecule has 0 bridgehead atoms. The molecule has 0 aliphatic heterocycles. The van der Waals surface area contributed by atoms with Crippen molar-refractivity contribution in [2.24, 2.45) is 0 Å². The molecule has 8 nitrogen and oxygen atoms in total. The van der Waals surface area contributed by atoms with Gasteiger partial charge in [-0.1, -0.05) is 13.8 Å². The fourth-order valence-electron chi connectivity index (χ4n) is 2.47. The summed E-state index contributed by atoms with van der Waals surface area (Å²) in [5.41, 5.74) is 0. The van der Waals surface area contributed by atoms with Gasteiger partial charge < -0.3 is 18.9 Å². The molecule has 4 atom stereocenters. The third-order valence-corrected chi connectivity index (χ3v) is 3.50. The second kappa shape index (κ2) is 15.9. The van der Waals surface area contributed by atoms with E-state index in [2.05, 4.69) is 0 Å². The van der Waals surface area contributed by atoms with E-state index in [9.17, 15) is 19.2 Å². The first-order valence-electron chi connectivity index (χ1n) is 9.59. The van der Waals surface area contributed by atoms with E-state index in [-0.39, 0.29) is 48.3 Å². The number of carbonyl (C=O) groups excluding carboxylic acids is 4. The summed E-state index contributed by atoms with van der Waals surface area (Å²) in [5.74, 6) is -1.22. The zero-order valence-electron chi connectivity index (χ0n) is 18.4. The molecule has 4 unspecified atom stereocenters. The lowest BCUT2D eigenvalue weighted by Crippen LogP contribution is -2.23. The third kappa shape index (κ3) is 18.7. The maximum absolute atomic E-state index is 10.7. The smallest absolute Gasteiger partial charge is 0.302 e. The fourth-order valence-corrected chi connectivity index (χ4v) is 2.47. The van der Waals surface area contributed by atoms with E-state index < -0.39 is 0 Å². The first kappa shape index (κ1) is 28.1. The van der Waals surface area contributed by atoms with Crippen LogP contribution in [0.15, 0.2) is 0 Å². The van der Waals surface area contributed by atoms with Crippen molar-refractivity contribution in [3.63, 3.8) is 0 Å². The fraction of sp³-hybridized carbons (Fsp3) is 0.800. The molecular formula is C20H36O8. The van der Waals surface area contributed by atoms with Crippen molar-refractivity contribution in [1.29, 1.82) is 0 Å². The van der Waals surface area contributed by atoms with Gasteiger partial charge >= 0.3 is 23.9 Å². The van der Waals surface area contributed by atoms with Crippen LogP contribution in [-0.2, 0) is 38.1 Å². The van der Waals surface area contributed by atoms with E-state index in [0.717, 1.165) is 12.8 Å². The predicted octanol–water partition coefficient (Wildman–Crippen LogP) is 3.34. The van der Waals surface area contributed by atoms with Gasteiger partial charge in [-0.25, -0.2) is 0 Å². The molecule has 0 aliphatic carbocycles. The van der Waals surface area contributed by atoms with Crippen molar-refractivity contribution >= 4 is 23.9 Å². The molecule has 0 aromatic heterocycles. The summed E-state index contributed by atoms with van der Waals surface area (Å²) in [4.78, 5) is 42.6. The Morgan fingerprint density at radius 3 is 1.00 bits per heavy atom. The molecule has 0 rings (SSSR count). The largest absolute Gasteiger partial charge is 0.463 e. The van der Waals surface area contributed by atoms with Crippen LogP contribution in [0.1, 0.15) is 81.1 Å². The SMILES string of the molecule is CCC(CC(C)OC(C)=O)OC(C)=O.CCC(CC(C)OC(C)=O)OC(C)=O. The molecule has 0 heterocycles. The van der Waals surface area contributed by atoms with Crippen LogP contribution in [0, 0.1) is 0 Å². The Labute approximate surface area is 168 Å². The van der Waals surface area contributed by atoms with Crippen molar-refractivity contribution < 1.29 is 38.1 Å². The molecule has 0 aromatic carbocycles. The molecule has 0 aliphatic rings. The normalized spacial score (nSPS) is 14.3. The van der Waals surface area contributed by atoms with E-state index in [0.29, 0.717) is 12.8 Å². The van der Waals surface area contributed by atoms with Gasteiger partial charge in [0.25, 0.3) is 0 Å². The van der Waals surface area contributed by atoms with Crippen molar-refractivity contribution in [1.82, 2.24) is 0 Å². The summed E-state index contributed by atoms with van der Waals surface area (Å²) in [6.45, 7) is 12.9. The summed E-state index contributed by atoms with van der Waals surface area (Å²) in [6, 6.07) is 0. The Bertz CT molecular complexity index is 445. The van der Waals surface area contributed by atoms with Gasteiger partial charge in [0.15, 0.2) is 0 Å². The van der Waals surface area contributed by atoms with Gasteiger partial charge in [0.05, 0.1) is 0 Å². The van der Waals surface area contributed by atoms with Gasteiger partial charge in [-0.05, 0) is 26.7 Å². The second-order valence-corrected chi connectivity index (χ2v) is 6.59. The second-order valence-electron chi connectivity index (χ2n) is 6.59. The van der Waals surface area contributed by atoms with Crippen molar-refractivity contribution in [2.75, 3.05) is 0 Å². The van der Waals surface area contributed by atoms with Crippen LogP contribution < -0.4 is 0 Å². The van der Waals surface area contributed by atoms with Gasteiger partial charge in [-0.2, -0.15) is 0 Å². The molecule has 28 heavy (non-hydrogen) atoms. The quantitative estimate of drug-likeness (QED) is 0.403. The number of rotatable bonds is 10. The predicted molar refractivity (Wildman–Crippen MR) is 103 cm³/mol. The Hall–Kier alpha value is -2.12. The standard InChI is InChI=1S/2C10H18O4/c2*1-5-10(14-9(4)12)6-7(2)13-8(3)11/h2*7,10H,5-6H2,1-4H3. The Morgan fingerprint density at radius 1 is 0.571 bits per heavy atom. The molecule has 0 N–H and O–H groups in total. The molecule has 0 saturated carbocycles. The molecule has 0 fully saturated rings. The van der Waals surface area contributed by atoms with E-state index in [1.54, 1.807) is 13.8 Å². The van der Waals surface area contributed by atoms with Gasteiger partial charge in [0.1, 0.15) is 24.4 Å². The van der Waals surface area contributed by atoms with Crippen LogP contribution >= 0.6 is 0 Å². The summed E-state index contributed by atoms with van der Waals surface area (Å²) < 4.78 is 19.9. The minimum absolute atomic E-state index is 0.165. The van der Waals surface area contributed by atoms with Crippen LogP contribution in [0.4, 0.5) is 0 Å². The first-order valence-corrected chi connectivity index (χ1v) is 9.59. The molecular weight excluding hydrogens is 368 g/mol. The first-order chi connectivity index (χ1) is 12.9. The summed E-state index contributed by atoms with van der Waals surface area (Å²) in [7, 11) is 0. The highest BCUT2D eigenvalue weighted by atomic mass is 16.6. The third-order valence-electron chi connectivity index (χ3n) is 3.50. The molecule has 0 saturated heterocycles. The van der Waals surface area contributed by atoms with E-state index in [1.807, 2.05) is 13.8 Å². The van der Waals surface area contributed by atoms with E-state index >= 15 is 0 Å². The Balaban J connectivity index is 0. The van der Waals surface area contributed by atoms with Crippen LogP contribution in [0.3, 0.4) is 0 Å². The molecule has 0 aromatic rings. The maximum atomic E-state index is 10.7. The lowest BCUT2D eigenvalue weighted by atomic mass is 10.1. The monoisotopic (exact) mass is 404 g/mol. The van der Waals surface area contributed by atoms with Crippen LogP contribution in [-0.4, -0.2) is 48.3 Å². The minimum Gasteiger partial charge on any atom is -0.463 e. The highest BCUT2D eigenvalue weighted by Crippen LogP contribution is 2.11. The lowest BCUT2D eigenvalue weighted by Gasteiger charge is -2.19. The molecule has 8 heteroatoms. The van der Waals surface area contributed by atoms with E-state index in [4.69, 9.17) is 18.9 Å². The lowest BCUT2D eigenvalue weighted by molar-refractivity contribution is -0.154. The van der Waals surface area contributed by atoms with Gasteiger partial charge in [-0.3, -0.25) is 19.2 Å². The van der Waals surface area contributed by atoms with Crippen LogP contribution in [0.2, 0.25) is 0 Å². The van der Waals surface area contributed by atoms with E-state index in [1.165, 1.54) is 27.7 Å². The zero-order valence-corrected chi connectivity index (χ0v) is 18.4. The number of hydrogen-bond donors (Lipinski definition) is 0. The molecule has 164 valence electrons. The minimum atomic E-state index is -0.310. The number of hydrogen-bond acceptors (Lipinski definition) is 8. The number of carbonyl (C=O) groups is 4. The number of esters is 4. The summed E-state index contributed by atoms with van der Waals surface area (Å²) in [5, 5.41) is 0. The number of ether oxygens (including phenoxy) is 4. The maximum Gasteiger partial charge on any atom is 0.302 e. The topological polar surface area (TPSA) is 105 Å². The molecule has 0 spiro atoms. The highest BCUT2D eigenvalue weighted by molar-refractivity contribution is 5.67. The Morgan fingerprint density at radius 2 is 0.821 bits per heavy atom. The molecule has 0 radical (unpaired) electrons. The van der Waals surface area contributed by atoms with Gasteiger partial charge in [-0.15, -0.1) is 0 Å². The summed E-state index contributed by atoms with van der Waals surface area (Å²) >= 11 is 0. The zero-order chi connectivity index (χ0) is 22.3. The van der Waals surface area contributed by atoms with Gasteiger partial charge in [0.2, 0.25) is 0 Å². The average Bonchev–Trinajstić information content (AvgIpc) is 2.51. The van der Waals surface area contributed by atoms with Crippen molar-refractivity contribution in [3.05, 3.63) is 0 Å². The van der Waals surface area contributed by atoms with Crippen LogP contribution in [0.5, 0.6) is 0 Å².